The Hall–Kier alpha value is -1.68. The minimum atomic E-state index is -0.251. The van der Waals surface area contributed by atoms with Gasteiger partial charge in [0, 0.05) is 10.7 Å². The highest BCUT2D eigenvalue weighted by atomic mass is 79.9. The molecule has 4 heteroatoms. The summed E-state index contributed by atoms with van der Waals surface area (Å²) in [5.74, 6) is -0.251. The van der Waals surface area contributed by atoms with Crippen molar-refractivity contribution in [2.45, 2.75) is 6.54 Å². The van der Waals surface area contributed by atoms with Crippen LogP contribution in [-0.2, 0) is 6.54 Å². The van der Waals surface area contributed by atoms with E-state index in [1.165, 1.54) is 6.07 Å². The van der Waals surface area contributed by atoms with E-state index >= 15 is 0 Å². The third-order valence-electron chi connectivity index (χ3n) is 2.77. The fraction of sp³-hybridized carbons (Fsp3) is 0.0714. The van der Waals surface area contributed by atoms with E-state index in [9.17, 15) is 4.39 Å². The smallest absolute Gasteiger partial charge is 0.135 e. The number of benzene rings is 2. The third-order valence-corrected chi connectivity index (χ3v) is 3.23. The van der Waals surface area contributed by atoms with Gasteiger partial charge in [0.1, 0.15) is 5.82 Å². The number of fused-ring (bicyclic) bond motifs is 1. The average molecular weight is 305 g/mol. The number of aromatic nitrogens is 2. The summed E-state index contributed by atoms with van der Waals surface area (Å²) in [4.78, 5) is 0. The van der Waals surface area contributed by atoms with Gasteiger partial charge in [-0.15, -0.1) is 0 Å². The monoisotopic (exact) mass is 304 g/mol. The highest BCUT2D eigenvalue weighted by Gasteiger charge is 2.07. The molecule has 0 unspecified atom stereocenters. The highest BCUT2D eigenvalue weighted by Crippen LogP contribution is 2.22. The van der Waals surface area contributed by atoms with Crippen molar-refractivity contribution in [3.05, 3.63) is 64.5 Å². The predicted octanol–water partition coefficient (Wildman–Crippen LogP) is 3.99. The topological polar surface area (TPSA) is 17.8 Å². The van der Waals surface area contributed by atoms with E-state index in [1.54, 1.807) is 10.9 Å². The lowest BCUT2D eigenvalue weighted by Crippen LogP contribution is -1.99. The molecule has 0 aliphatic rings. The van der Waals surface area contributed by atoms with Gasteiger partial charge in [-0.1, -0.05) is 46.3 Å². The Balaban J connectivity index is 2.01. The minimum Gasteiger partial charge on any atom is -0.267 e. The van der Waals surface area contributed by atoms with Crippen LogP contribution in [0.3, 0.4) is 0 Å². The zero-order valence-electron chi connectivity index (χ0n) is 9.48. The fourth-order valence-electron chi connectivity index (χ4n) is 1.95. The predicted molar refractivity (Wildman–Crippen MR) is 72.9 cm³/mol. The van der Waals surface area contributed by atoms with E-state index in [0.29, 0.717) is 21.9 Å². The summed E-state index contributed by atoms with van der Waals surface area (Å²) in [6.45, 7) is 0.645. The SMILES string of the molecule is Fc1cc(Br)cc2nn(Cc3ccccc3)cc12. The maximum atomic E-state index is 13.7. The quantitative estimate of drug-likeness (QED) is 0.700. The first-order valence-electron chi connectivity index (χ1n) is 5.58. The van der Waals surface area contributed by atoms with Gasteiger partial charge in [-0.05, 0) is 17.7 Å². The lowest BCUT2D eigenvalue weighted by Gasteiger charge is -2.00. The van der Waals surface area contributed by atoms with Crippen LogP contribution in [0.2, 0.25) is 0 Å². The van der Waals surface area contributed by atoms with Gasteiger partial charge in [-0.3, -0.25) is 4.68 Å². The Morgan fingerprint density at radius 2 is 1.94 bits per heavy atom. The molecule has 0 radical (unpaired) electrons. The van der Waals surface area contributed by atoms with E-state index in [2.05, 4.69) is 21.0 Å². The molecule has 1 heterocycles. The molecule has 3 aromatic rings. The molecule has 18 heavy (non-hydrogen) atoms. The molecule has 0 saturated carbocycles. The lowest BCUT2D eigenvalue weighted by molar-refractivity contribution is 0.638. The van der Waals surface area contributed by atoms with Crippen molar-refractivity contribution < 1.29 is 4.39 Å². The van der Waals surface area contributed by atoms with Crippen LogP contribution in [0.15, 0.2) is 53.1 Å². The average Bonchev–Trinajstić information content (AvgIpc) is 2.73. The first-order valence-corrected chi connectivity index (χ1v) is 6.38. The molecule has 2 nitrogen and oxygen atoms in total. The maximum Gasteiger partial charge on any atom is 0.135 e. The second-order valence-corrected chi connectivity index (χ2v) is 5.05. The molecule has 0 spiro atoms. The molecule has 0 atom stereocenters. The Bertz CT molecular complexity index is 692. The van der Waals surface area contributed by atoms with Crippen molar-refractivity contribution >= 4 is 26.8 Å². The number of halogens is 2. The first kappa shape index (κ1) is 11.4. The van der Waals surface area contributed by atoms with Crippen LogP contribution in [0.1, 0.15) is 5.56 Å². The summed E-state index contributed by atoms with van der Waals surface area (Å²) < 4.78 is 16.2. The van der Waals surface area contributed by atoms with E-state index in [1.807, 2.05) is 36.4 Å². The van der Waals surface area contributed by atoms with Crippen molar-refractivity contribution in [3.63, 3.8) is 0 Å². The molecular weight excluding hydrogens is 295 g/mol. The summed E-state index contributed by atoms with van der Waals surface area (Å²) in [5.41, 5.74) is 1.81. The Labute approximate surface area is 112 Å². The van der Waals surface area contributed by atoms with Crippen LogP contribution >= 0.6 is 15.9 Å². The van der Waals surface area contributed by atoms with Crippen LogP contribution < -0.4 is 0 Å². The second kappa shape index (κ2) is 4.53. The number of rotatable bonds is 2. The summed E-state index contributed by atoms with van der Waals surface area (Å²) >= 11 is 3.27. The molecule has 3 rings (SSSR count). The Kier molecular flexibility index (Phi) is 2.88. The van der Waals surface area contributed by atoms with Crippen LogP contribution in [-0.4, -0.2) is 9.78 Å². The molecule has 0 bridgehead atoms. The molecule has 1 aromatic heterocycles. The zero-order chi connectivity index (χ0) is 12.5. The van der Waals surface area contributed by atoms with Gasteiger partial charge >= 0.3 is 0 Å². The van der Waals surface area contributed by atoms with Gasteiger partial charge in [0.05, 0.1) is 17.4 Å². The van der Waals surface area contributed by atoms with Crippen molar-refractivity contribution in [2.75, 3.05) is 0 Å². The molecule has 0 N–H and O–H groups in total. The number of nitrogens with zero attached hydrogens (tertiary/aromatic N) is 2. The fourth-order valence-corrected chi connectivity index (χ4v) is 2.37. The van der Waals surface area contributed by atoms with E-state index in [-0.39, 0.29) is 5.82 Å². The largest absolute Gasteiger partial charge is 0.267 e. The Morgan fingerprint density at radius 3 is 2.72 bits per heavy atom. The van der Waals surface area contributed by atoms with Crippen molar-refractivity contribution in [3.8, 4) is 0 Å². The van der Waals surface area contributed by atoms with Crippen LogP contribution in [0.5, 0.6) is 0 Å². The Morgan fingerprint density at radius 1 is 1.17 bits per heavy atom. The summed E-state index contributed by atoms with van der Waals surface area (Å²) in [6, 6.07) is 13.3. The molecule has 0 saturated heterocycles. The van der Waals surface area contributed by atoms with E-state index in [0.717, 1.165) is 5.56 Å². The molecule has 0 amide bonds. The van der Waals surface area contributed by atoms with Crippen LogP contribution in [0.4, 0.5) is 4.39 Å². The summed E-state index contributed by atoms with van der Waals surface area (Å²) in [5, 5.41) is 4.93. The number of hydrogen-bond acceptors (Lipinski definition) is 1. The van der Waals surface area contributed by atoms with Gasteiger partial charge in [-0.25, -0.2) is 4.39 Å². The van der Waals surface area contributed by atoms with Gasteiger partial charge in [0.25, 0.3) is 0 Å². The van der Waals surface area contributed by atoms with Gasteiger partial charge < -0.3 is 0 Å². The molecule has 0 fully saturated rings. The molecule has 90 valence electrons. The first-order chi connectivity index (χ1) is 8.72. The zero-order valence-corrected chi connectivity index (χ0v) is 11.1. The van der Waals surface area contributed by atoms with Crippen molar-refractivity contribution in [1.29, 1.82) is 0 Å². The highest BCUT2D eigenvalue weighted by molar-refractivity contribution is 9.10. The van der Waals surface area contributed by atoms with Gasteiger partial charge in [0.2, 0.25) is 0 Å². The van der Waals surface area contributed by atoms with E-state index < -0.39 is 0 Å². The summed E-state index contributed by atoms with van der Waals surface area (Å²) in [7, 11) is 0. The normalized spacial score (nSPS) is 11.0. The molecule has 2 aromatic carbocycles. The maximum absolute atomic E-state index is 13.7. The van der Waals surface area contributed by atoms with Gasteiger partial charge in [0.15, 0.2) is 0 Å². The second-order valence-electron chi connectivity index (χ2n) is 4.13. The minimum absolute atomic E-state index is 0.251. The third kappa shape index (κ3) is 2.16. The van der Waals surface area contributed by atoms with Gasteiger partial charge in [-0.2, -0.15) is 5.10 Å². The molecular formula is C14H10BrFN2. The lowest BCUT2D eigenvalue weighted by atomic mass is 10.2. The van der Waals surface area contributed by atoms with Crippen molar-refractivity contribution in [2.24, 2.45) is 0 Å². The molecule has 0 aliphatic heterocycles. The summed E-state index contributed by atoms with van der Waals surface area (Å²) in [6.07, 6.45) is 1.74. The standard InChI is InChI=1S/C14H10BrFN2/c15-11-6-13(16)12-9-18(17-14(12)7-11)8-10-4-2-1-3-5-10/h1-7,9H,8H2. The van der Waals surface area contributed by atoms with Crippen LogP contribution in [0.25, 0.3) is 10.9 Å². The molecule has 0 aliphatic carbocycles. The van der Waals surface area contributed by atoms with Crippen molar-refractivity contribution in [1.82, 2.24) is 9.78 Å². The number of hydrogen-bond donors (Lipinski definition) is 0. The van der Waals surface area contributed by atoms with E-state index in [4.69, 9.17) is 0 Å². The van der Waals surface area contributed by atoms with Crippen LogP contribution in [0, 0.1) is 5.82 Å².